The largest absolute Gasteiger partial charge is 0.456 e. The van der Waals surface area contributed by atoms with Crippen LogP contribution in [0.25, 0.3) is 5.57 Å². The Morgan fingerprint density at radius 2 is 2.00 bits per heavy atom. The topological polar surface area (TPSA) is 50.9 Å². The molecule has 2 aliphatic rings. The lowest BCUT2D eigenvalue weighted by molar-refractivity contribution is 0.467. The lowest BCUT2D eigenvalue weighted by Crippen LogP contribution is -2.33. The van der Waals surface area contributed by atoms with Crippen molar-refractivity contribution in [3.8, 4) is 11.5 Å². The first-order chi connectivity index (χ1) is 13.7. The normalized spacial score (nSPS) is 20.1. The van der Waals surface area contributed by atoms with Gasteiger partial charge in [-0.1, -0.05) is 18.2 Å². The summed E-state index contributed by atoms with van der Waals surface area (Å²) in [5.41, 5.74) is 10.4. The van der Waals surface area contributed by atoms with E-state index in [1.165, 1.54) is 11.3 Å². The van der Waals surface area contributed by atoms with Crippen molar-refractivity contribution in [1.82, 2.24) is 0 Å². The van der Waals surface area contributed by atoms with E-state index in [1.807, 2.05) is 48.3 Å². The second-order valence-electron chi connectivity index (χ2n) is 7.45. The van der Waals surface area contributed by atoms with Crippen LogP contribution in [0.4, 0.5) is 5.69 Å². The fourth-order valence-corrected chi connectivity index (χ4v) is 4.24. The molecule has 0 aromatic heterocycles. The van der Waals surface area contributed by atoms with Crippen molar-refractivity contribution in [3.63, 3.8) is 0 Å². The monoisotopic (exact) mass is 393 g/mol. The van der Waals surface area contributed by atoms with E-state index in [0.29, 0.717) is 12.1 Å². The molecule has 2 aromatic carbocycles. The Kier molecular flexibility index (Phi) is 5.62. The molecule has 2 heterocycles. The number of hydrogen-bond acceptors (Lipinski definition) is 5. The van der Waals surface area contributed by atoms with Crippen LogP contribution in [0.3, 0.4) is 0 Å². The Hall–Kier alpha value is -2.40. The van der Waals surface area contributed by atoms with Gasteiger partial charge in [0.2, 0.25) is 0 Å². The van der Waals surface area contributed by atoms with Crippen LogP contribution >= 0.6 is 11.8 Å². The summed E-state index contributed by atoms with van der Waals surface area (Å²) < 4.78 is 6.43. The van der Waals surface area contributed by atoms with Crippen molar-refractivity contribution in [2.24, 2.45) is 10.7 Å². The zero-order valence-electron chi connectivity index (χ0n) is 16.5. The number of fused-ring (bicyclic) bond motifs is 1. The minimum Gasteiger partial charge on any atom is -0.456 e. The molecule has 0 bridgehead atoms. The van der Waals surface area contributed by atoms with Gasteiger partial charge in [0.25, 0.3) is 0 Å². The van der Waals surface area contributed by atoms with E-state index in [2.05, 4.69) is 31.0 Å². The number of benzene rings is 2. The van der Waals surface area contributed by atoms with Gasteiger partial charge in [0.05, 0.1) is 6.04 Å². The number of thioether (sulfide) groups is 1. The third kappa shape index (κ3) is 3.76. The minimum atomic E-state index is 0.406. The predicted octanol–water partition coefficient (Wildman–Crippen LogP) is 4.74. The quantitative estimate of drug-likeness (QED) is 0.746. The zero-order chi connectivity index (χ0) is 19.5. The number of para-hydroxylation sites is 1. The molecule has 4 nitrogen and oxygen atoms in total. The molecule has 1 fully saturated rings. The summed E-state index contributed by atoms with van der Waals surface area (Å²) >= 11 is 1.93. The van der Waals surface area contributed by atoms with E-state index in [0.717, 1.165) is 47.0 Å². The Balaban J connectivity index is 1.77. The molecule has 5 heteroatoms. The summed E-state index contributed by atoms with van der Waals surface area (Å²) in [5, 5.41) is 0. The summed E-state index contributed by atoms with van der Waals surface area (Å²) in [5.74, 6) is 3.92. The van der Waals surface area contributed by atoms with Crippen LogP contribution in [0, 0.1) is 0 Å². The van der Waals surface area contributed by atoms with Gasteiger partial charge in [-0.2, -0.15) is 11.8 Å². The van der Waals surface area contributed by atoms with Gasteiger partial charge in [-0.15, -0.1) is 0 Å². The maximum atomic E-state index is 6.43. The van der Waals surface area contributed by atoms with E-state index in [4.69, 9.17) is 15.5 Å². The summed E-state index contributed by atoms with van der Waals surface area (Å²) in [4.78, 5) is 7.04. The number of ether oxygens (including phenoxy) is 1. The van der Waals surface area contributed by atoms with E-state index >= 15 is 0 Å². The zero-order valence-corrected chi connectivity index (χ0v) is 17.3. The molecule has 0 spiro atoms. The molecule has 0 radical (unpaired) electrons. The lowest BCUT2D eigenvalue weighted by atomic mass is 9.92. The van der Waals surface area contributed by atoms with Gasteiger partial charge in [0.1, 0.15) is 11.5 Å². The van der Waals surface area contributed by atoms with Gasteiger partial charge >= 0.3 is 0 Å². The number of aliphatic imine (C=N–C) groups is 1. The predicted molar refractivity (Wildman–Crippen MR) is 121 cm³/mol. The van der Waals surface area contributed by atoms with Crippen molar-refractivity contribution in [2.75, 3.05) is 23.5 Å². The third-order valence-electron chi connectivity index (χ3n) is 5.59. The number of nitrogens with zero attached hydrogens (tertiary/aromatic N) is 2. The first-order valence-electron chi connectivity index (χ1n) is 9.82. The molecule has 1 atom stereocenters. The molecule has 2 aliphatic heterocycles. The maximum Gasteiger partial charge on any atom is 0.140 e. The molecular formula is C23H27N3OS. The molecule has 1 unspecified atom stereocenters. The fourth-order valence-electron chi connectivity index (χ4n) is 3.62. The first-order valence-corrected chi connectivity index (χ1v) is 11.0. The van der Waals surface area contributed by atoms with E-state index in [9.17, 15) is 0 Å². The molecule has 0 saturated carbocycles. The average molecular weight is 394 g/mol. The van der Waals surface area contributed by atoms with Crippen molar-refractivity contribution in [1.29, 1.82) is 0 Å². The van der Waals surface area contributed by atoms with Gasteiger partial charge < -0.3 is 15.4 Å². The third-order valence-corrected chi connectivity index (χ3v) is 6.83. The second-order valence-corrected chi connectivity index (χ2v) is 8.52. The molecule has 1 saturated heterocycles. The fraction of sp³-hybridized carbons (Fsp3) is 0.348. The van der Waals surface area contributed by atoms with Crippen LogP contribution in [0.15, 0.2) is 53.7 Å². The molecule has 0 amide bonds. The van der Waals surface area contributed by atoms with Crippen LogP contribution in [-0.4, -0.2) is 36.9 Å². The second kappa shape index (κ2) is 8.31. The Morgan fingerprint density at radius 1 is 1.21 bits per heavy atom. The summed E-state index contributed by atoms with van der Waals surface area (Å²) in [6.07, 6.45) is 5.65. The highest BCUT2D eigenvalue weighted by molar-refractivity contribution is 8.00. The van der Waals surface area contributed by atoms with Crippen LogP contribution in [-0.2, 0) is 6.42 Å². The number of allylic oxidation sites excluding steroid dienone is 1. The van der Waals surface area contributed by atoms with Gasteiger partial charge in [-0.3, -0.25) is 4.99 Å². The maximum absolute atomic E-state index is 6.43. The average Bonchev–Trinajstić information content (AvgIpc) is 2.68. The molecule has 0 aliphatic carbocycles. The van der Waals surface area contributed by atoms with Crippen LogP contribution in [0.5, 0.6) is 11.5 Å². The number of rotatable bonds is 5. The van der Waals surface area contributed by atoms with Gasteiger partial charge in [-0.05, 0) is 44.0 Å². The summed E-state index contributed by atoms with van der Waals surface area (Å²) in [6.45, 7) is 2.27. The lowest BCUT2D eigenvalue weighted by Gasteiger charge is -2.35. The van der Waals surface area contributed by atoms with Crippen molar-refractivity contribution in [3.05, 3.63) is 59.8 Å². The highest BCUT2D eigenvalue weighted by atomic mass is 32.2. The van der Waals surface area contributed by atoms with E-state index in [1.54, 1.807) is 6.20 Å². The molecule has 146 valence electrons. The minimum absolute atomic E-state index is 0.406. The summed E-state index contributed by atoms with van der Waals surface area (Å²) in [6, 6.07) is 15.2. The summed E-state index contributed by atoms with van der Waals surface area (Å²) in [7, 11) is 2.16. The standard InChI is InChI=1S/C23H27N3OS/c1-16-8-9-21-22(26(16)2)11-10-20(17(12-24)13-25-18-14-28-15-18)23(21)27-19-6-4-3-5-7-19/h3-7,10-13,16,18H,8-9,14-15,24H2,1-2H3. The van der Waals surface area contributed by atoms with Gasteiger partial charge in [0.15, 0.2) is 0 Å². The molecule has 4 rings (SSSR count). The molecule has 2 aromatic rings. The molecule has 28 heavy (non-hydrogen) atoms. The van der Waals surface area contributed by atoms with Gasteiger partial charge in [-0.25, -0.2) is 0 Å². The van der Waals surface area contributed by atoms with Crippen molar-refractivity contribution in [2.45, 2.75) is 31.8 Å². The number of hydrogen-bond donors (Lipinski definition) is 1. The van der Waals surface area contributed by atoms with Crippen molar-refractivity contribution >= 4 is 29.2 Å². The van der Waals surface area contributed by atoms with E-state index < -0.39 is 0 Å². The smallest absolute Gasteiger partial charge is 0.140 e. The Morgan fingerprint density at radius 3 is 2.68 bits per heavy atom. The Bertz CT molecular complexity index is 890. The van der Waals surface area contributed by atoms with Crippen LogP contribution < -0.4 is 15.4 Å². The van der Waals surface area contributed by atoms with Gasteiger partial charge in [0, 0.05) is 59.4 Å². The van der Waals surface area contributed by atoms with Crippen molar-refractivity contribution < 1.29 is 4.74 Å². The highest BCUT2D eigenvalue weighted by Crippen LogP contribution is 2.42. The Labute approximate surface area is 171 Å². The first kappa shape index (κ1) is 18.9. The van der Waals surface area contributed by atoms with Crippen LogP contribution in [0.1, 0.15) is 24.5 Å². The molecule has 2 N–H and O–H groups in total. The molecular weight excluding hydrogens is 366 g/mol. The number of nitrogens with two attached hydrogens (primary N) is 1. The SMILES string of the molecule is CC1CCc2c(ccc(C(C=NC3CSC3)=CN)c2Oc2ccccc2)N1C. The highest BCUT2D eigenvalue weighted by Gasteiger charge is 2.26. The van der Waals surface area contributed by atoms with E-state index in [-0.39, 0.29) is 0 Å². The van der Waals surface area contributed by atoms with Crippen LogP contribution in [0.2, 0.25) is 0 Å². The number of anilines is 1.